The van der Waals surface area contributed by atoms with Crippen LogP contribution in [0.15, 0.2) is 54.6 Å². The maximum absolute atomic E-state index is 12.8. The lowest BCUT2D eigenvalue weighted by Crippen LogP contribution is -2.52. The van der Waals surface area contributed by atoms with Gasteiger partial charge in [0.25, 0.3) is 5.91 Å². The maximum atomic E-state index is 12.8. The minimum absolute atomic E-state index is 0.00208. The van der Waals surface area contributed by atoms with Crippen molar-refractivity contribution in [1.29, 1.82) is 0 Å². The lowest BCUT2D eigenvalue weighted by Gasteiger charge is -2.36. The molecule has 2 aromatic carbocycles. The Morgan fingerprint density at radius 1 is 1.07 bits per heavy atom. The fraction of sp³-hybridized carbons (Fsp3) is 0.304. The van der Waals surface area contributed by atoms with Crippen molar-refractivity contribution in [3.63, 3.8) is 0 Å². The van der Waals surface area contributed by atoms with Crippen molar-refractivity contribution in [2.75, 3.05) is 31.1 Å². The summed E-state index contributed by atoms with van der Waals surface area (Å²) in [5, 5.41) is 1.82. The number of piperazine rings is 1. The molecule has 1 saturated heterocycles. The van der Waals surface area contributed by atoms with Gasteiger partial charge in [0, 0.05) is 36.6 Å². The molecule has 6 heteroatoms. The number of rotatable bonds is 4. The van der Waals surface area contributed by atoms with Crippen molar-refractivity contribution in [3.05, 3.63) is 65.2 Å². The van der Waals surface area contributed by atoms with Crippen molar-refractivity contribution < 1.29 is 9.53 Å². The van der Waals surface area contributed by atoms with Crippen LogP contribution in [0.1, 0.15) is 12.5 Å². The van der Waals surface area contributed by atoms with Gasteiger partial charge >= 0.3 is 0 Å². The summed E-state index contributed by atoms with van der Waals surface area (Å²) in [5.41, 5.74) is 2.22. The van der Waals surface area contributed by atoms with Gasteiger partial charge in [-0.3, -0.25) is 4.79 Å². The quantitative estimate of drug-likeness (QED) is 0.644. The predicted octanol–water partition coefficient (Wildman–Crippen LogP) is 4.31. The highest BCUT2D eigenvalue weighted by atomic mass is 35.5. The average molecular weight is 410 g/mol. The van der Waals surface area contributed by atoms with Crippen LogP contribution in [0.2, 0.25) is 5.02 Å². The van der Waals surface area contributed by atoms with Crippen LogP contribution in [0, 0.1) is 6.92 Å². The fourth-order valence-electron chi connectivity index (χ4n) is 3.67. The van der Waals surface area contributed by atoms with E-state index in [1.807, 2.05) is 23.1 Å². The number of carbonyl (C=O) groups excluding carboxylic acids is 1. The first kappa shape index (κ1) is 19.5. The number of hydrogen-bond acceptors (Lipinski definition) is 4. The van der Waals surface area contributed by atoms with Crippen LogP contribution in [-0.4, -0.2) is 48.1 Å². The van der Waals surface area contributed by atoms with Crippen molar-refractivity contribution in [3.8, 4) is 5.75 Å². The third kappa shape index (κ3) is 4.30. The number of benzene rings is 2. The van der Waals surface area contributed by atoms with Gasteiger partial charge in [0.2, 0.25) is 0 Å². The Kier molecular flexibility index (Phi) is 5.58. The molecule has 4 rings (SSSR count). The van der Waals surface area contributed by atoms with Crippen LogP contribution in [0.5, 0.6) is 5.75 Å². The molecule has 150 valence electrons. The van der Waals surface area contributed by atoms with E-state index in [-0.39, 0.29) is 5.91 Å². The minimum atomic E-state index is -0.538. The average Bonchev–Trinajstić information content (AvgIpc) is 2.75. The van der Waals surface area contributed by atoms with Crippen LogP contribution >= 0.6 is 11.6 Å². The summed E-state index contributed by atoms with van der Waals surface area (Å²) in [6.07, 6.45) is -0.538. The van der Waals surface area contributed by atoms with Gasteiger partial charge in [0.1, 0.15) is 11.6 Å². The van der Waals surface area contributed by atoms with Crippen LogP contribution in [0.4, 0.5) is 5.82 Å². The van der Waals surface area contributed by atoms with E-state index in [4.69, 9.17) is 21.3 Å². The molecule has 1 aliphatic heterocycles. The Morgan fingerprint density at radius 3 is 2.48 bits per heavy atom. The number of halogens is 1. The molecule has 1 atom stereocenters. The van der Waals surface area contributed by atoms with Crippen molar-refractivity contribution in [2.45, 2.75) is 20.0 Å². The molecule has 3 aromatic rings. The number of para-hydroxylation sites is 1. The zero-order valence-electron chi connectivity index (χ0n) is 16.6. The zero-order chi connectivity index (χ0) is 20.4. The second kappa shape index (κ2) is 8.29. The highest BCUT2D eigenvalue weighted by Gasteiger charge is 2.26. The van der Waals surface area contributed by atoms with E-state index in [9.17, 15) is 4.79 Å². The van der Waals surface area contributed by atoms with Gasteiger partial charge in [-0.15, -0.1) is 0 Å². The number of aryl methyl sites for hydroxylation is 1. The number of amides is 1. The van der Waals surface area contributed by atoms with Gasteiger partial charge in [0.05, 0.1) is 5.52 Å². The second-order valence-corrected chi connectivity index (χ2v) is 7.78. The van der Waals surface area contributed by atoms with Crippen molar-refractivity contribution in [2.24, 2.45) is 0 Å². The van der Waals surface area contributed by atoms with E-state index in [0.717, 1.165) is 24.4 Å². The maximum Gasteiger partial charge on any atom is 0.263 e. The molecule has 1 fully saturated rings. The standard InChI is InChI=1S/C23H24ClN3O2/c1-16-15-22(25-21-6-4-3-5-20(16)21)26-11-13-27(14-12-26)23(28)17(2)29-19-9-7-18(24)8-10-19/h3-10,15,17H,11-14H2,1-2H3. The first-order chi connectivity index (χ1) is 14.0. The largest absolute Gasteiger partial charge is 0.481 e. The third-order valence-corrected chi connectivity index (χ3v) is 5.55. The SMILES string of the molecule is Cc1cc(N2CCN(C(=O)C(C)Oc3ccc(Cl)cc3)CC2)nc2ccccc12. The summed E-state index contributed by atoms with van der Waals surface area (Å²) in [5.74, 6) is 1.62. The summed E-state index contributed by atoms with van der Waals surface area (Å²) in [6.45, 7) is 6.72. The van der Waals surface area contributed by atoms with Gasteiger partial charge in [0.15, 0.2) is 6.10 Å². The van der Waals surface area contributed by atoms with Gasteiger partial charge in [-0.05, 0) is 55.8 Å². The normalized spacial score (nSPS) is 15.4. The monoisotopic (exact) mass is 409 g/mol. The number of aromatic nitrogens is 1. The Hall–Kier alpha value is -2.79. The molecule has 0 radical (unpaired) electrons. The third-order valence-electron chi connectivity index (χ3n) is 5.30. The molecule has 29 heavy (non-hydrogen) atoms. The molecule has 2 heterocycles. The molecular weight excluding hydrogens is 386 g/mol. The molecule has 1 unspecified atom stereocenters. The van der Waals surface area contributed by atoms with Crippen LogP contribution < -0.4 is 9.64 Å². The molecular formula is C23H24ClN3O2. The van der Waals surface area contributed by atoms with Crippen LogP contribution in [0.3, 0.4) is 0 Å². The molecule has 0 aliphatic carbocycles. The van der Waals surface area contributed by atoms with E-state index in [0.29, 0.717) is 23.9 Å². The predicted molar refractivity (Wildman–Crippen MR) is 117 cm³/mol. The molecule has 0 spiro atoms. The number of ether oxygens (including phenoxy) is 1. The summed E-state index contributed by atoms with van der Waals surface area (Å²) in [7, 11) is 0. The fourth-order valence-corrected chi connectivity index (χ4v) is 3.80. The van der Waals surface area contributed by atoms with Gasteiger partial charge < -0.3 is 14.5 Å². The van der Waals surface area contributed by atoms with E-state index in [2.05, 4.69) is 24.0 Å². The summed E-state index contributed by atoms with van der Waals surface area (Å²) in [4.78, 5) is 21.7. The van der Waals surface area contributed by atoms with E-state index >= 15 is 0 Å². The lowest BCUT2D eigenvalue weighted by atomic mass is 10.1. The Labute approximate surface area is 175 Å². The Morgan fingerprint density at radius 2 is 1.76 bits per heavy atom. The zero-order valence-corrected chi connectivity index (χ0v) is 17.4. The Bertz CT molecular complexity index is 1010. The van der Waals surface area contributed by atoms with Crippen LogP contribution in [-0.2, 0) is 4.79 Å². The molecule has 1 aliphatic rings. The minimum Gasteiger partial charge on any atom is -0.481 e. The van der Waals surface area contributed by atoms with Gasteiger partial charge in [-0.25, -0.2) is 4.98 Å². The Balaban J connectivity index is 1.38. The number of hydrogen-bond donors (Lipinski definition) is 0. The van der Waals surface area contributed by atoms with E-state index < -0.39 is 6.10 Å². The second-order valence-electron chi connectivity index (χ2n) is 7.34. The van der Waals surface area contributed by atoms with E-state index in [1.54, 1.807) is 31.2 Å². The van der Waals surface area contributed by atoms with Crippen molar-refractivity contribution >= 4 is 34.2 Å². The highest BCUT2D eigenvalue weighted by Crippen LogP contribution is 2.23. The summed E-state index contributed by atoms with van der Waals surface area (Å²) < 4.78 is 5.78. The van der Waals surface area contributed by atoms with Gasteiger partial charge in [-0.2, -0.15) is 0 Å². The van der Waals surface area contributed by atoms with E-state index in [1.165, 1.54) is 10.9 Å². The highest BCUT2D eigenvalue weighted by molar-refractivity contribution is 6.30. The number of carbonyl (C=O) groups is 1. The molecule has 0 N–H and O–H groups in total. The molecule has 0 bridgehead atoms. The first-order valence-corrected chi connectivity index (χ1v) is 10.2. The smallest absolute Gasteiger partial charge is 0.263 e. The lowest BCUT2D eigenvalue weighted by molar-refractivity contribution is -0.138. The number of fused-ring (bicyclic) bond motifs is 1. The van der Waals surface area contributed by atoms with Gasteiger partial charge in [-0.1, -0.05) is 29.8 Å². The van der Waals surface area contributed by atoms with Crippen LogP contribution in [0.25, 0.3) is 10.9 Å². The summed E-state index contributed by atoms with van der Waals surface area (Å²) in [6, 6.07) is 17.4. The molecule has 5 nitrogen and oxygen atoms in total. The number of anilines is 1. The van der Waals surface area contributed by atoms with Crippen molar-refractivity contribution in [1.82, 2.24) is 9.88 Å². The number of pyridine rings is 1. The molecule has 1 amide bonds. The topological polar surface area (TPSA) is 45.7 Å². The summed E-state index contributed by atoms with van der Waals surface area (Å²) >= 11 is 5.90. The molecule has 0 saturated carbocycles. The molecule has 1 aromatic heterocycles. The number of nitrogens with zero attached hydrogens (tertiary/aromatic N) is 3. The first-order valence-electron chi connectivity index (χ1n) is 9.83.